The number of nitrogens with zero attached hydrogens (tertiary/aromatic N) is 4. The Labute approximate surface area is 481 Å². The molecule has 14 aromatic carbocycles. The minimum Gasteiger partial charge on any atom is -0.456 e. The highest BCUT2D eigenvalue weighted by Crippen LogP contribution is 2.47. The van der Waals surface area contributed by atoms with E-state index in [1.807, 2.05) is 0 Å². The van der Waals surface area contributed by atoms with Crippen LogP contribution < -0.4 is 9.80 Å². The lowest BCUT2D eigenvalue weighted by molar-refractivity contribution is 0.668. The topological polar surface area (TPSA) is 42.6 Å². The van der Waals surface area contributed by atoms with Crippen LogP contribution >= 0.6 is 0 Å². The fourth-order valence-electron chi connectivity index (χ4n) is 13.6. The van der Waals surface area contributed by atoms with Gasteiger partial charge in [0.15, 0.2) is 0 Å². The van der Waals surface area contributed by atoms with Crippen molar-refractivity contribution in [1.82, 2.24) is 9.13 Å². The number of rotatable bonds is 8. The highest BCUT2D eigenvalue weighted by atomic mass is 16.3. The molecule has 4 aromatic heterocycles. The summed E-state index contributed by atoms with van der Waals surface area (Å²) < 4.78 is 18.6. The van der Waals surface area contributed by atoms with E-state index in [0.717, 1.165) is 111 Å². The molecular weight excluding hydrogens is 1020 g/mol. The molecule has 6 heteroatoms. The molecule has 0 unspecified atom stereocenters. The Kier molecular flexibility index (Phi) is 9.99. The molecule has 6 nitrogen and oxygen atoms in total. The van der Waals surface area contributed by atoms with E-state index < -0.39 is 0 Å². The Morgan fingerprint density at radius 2 is 0.571 bits per heavy atom. The van der Waals surface area contributed by atoms with Gasteiger partial charge in [0.05, 0.1) is 22.1 Å². The zero-order chi connectivity index (χ0) is 55.0. The smallest absolute Gasteiger partial charge is 0.137 e. The van der Waals surface area contributed by atoms with Gasteiger partial charge in [-0.15, -0.1) is 0 Å². The Hall–Kier alpha value is -11.3. The molecule has 0 saturated carbocycles. The van der Waals surface area contributed by atoms with Gasteiger partial charge in [0.1, 0.15) is 22.3 Å². The third-order valence-corrected chi connectivity index (χ3v) is 17.4. The number of hydrogen-bond acceptors (Lipinski definition) is 4. The SMILES string of the molecule is c1ccc(N(c2ccc3c(c2)oc2cc4cc5c(cc4cc23)oc2cc(N(c3ccccc3)c3ccc4c(c3)c3c6ccccc6ccc3n4-c3ccccc3)ccc25)c2ccc3c(c2)c2c4ccccc4ccc2n3-c2ccccc2)cc1. The number of furan rings is 2. The molecule has 0 N–H and O–H groups in total. The van der Waals surface area contributed by atoms with Crippen molar-refractivity contribution in [3.05, 3.63) is 291 Å². The number of aromatic nitrogens is 2. The Bertz CT molecular complexity index is 5330. The molecule has 0 spiro atoms. The lowest BCUT2D eigenvalue weighted by Crippen LogP contribution is -2.09. The van der Waals surface area contributed by atoms with Gasteiger partial charge in [0, 0.05) is 101 Å². The van der Waals surface area contributed by atoms with E-state index in [1.165, 1.54) is 54.1 Å². The molecule has 0 aliphatic heterocycles. The summed E-state index contributed by atoms with van der Waals surface area (Å²) in [5.41, 5.74) is 16.5. The van der Waals surface area contributed by atoms with Crippen molar-refractivity contribution >= 4 is 154 Å². The largest absolute Gasteiger partial charge is 0.456 e. The molecule has 0 atom stereocenters. The fourth-order valence-corrected chi connectivity index (χ4v) is 13.6. The van der Waals surface area contributed by atoms with Crippen LogP contribution in [0.3, 0.4) is 0 Å². The molecule has 4 heterocycles. The van der Waals surface area contributed by atoms with E-state index in [-0.39, 0.29) is 0 Å². The fraction of sp³-hybridized carbons (Fsp3) is 0. The van der Waals surface area contributed by atoms with Crippen molar-refractivity contribution in [1.29, 1.82) is 0 Å². The second-order valence-corrected chi connectivity index (χ2v) is 22.1. The number of para-hydroxylation sites is 4. The zero-order valence-corrected chi connectivity index (χ0v) is 45.3. The highest BCUT2D eigenvalue weighted by Gasteiger charge is 2.23. The van der Waals surface area contributed by atoms with Gasteiger partial charge >= 0.3 is 0 Å². The number of fused-ring (bicyclic) bond motifs is 17. The van der Waals surface area contributed by atoms with E-state index in [4.69, 9.17) is 8.83 Å². The van der Waals surface area contributed by atoms with Crippen LogP contribution in [-0.4, -0.2) is 9.13 Å². The minimum atomic E-state index is 0.825. The van der Waals surface area contributed by atoms with E-state index in [1.54, 1.807) is 0 Å². The standard InChI is InChI=1S/C78H48N4O2/c1-5-19-53(20-6-1)79(57-33-39-69-67(45-57)77-61-27-15-13-17-49(61)29-37-71(77)81(69)55-23-9-3-10-24-55)59-31-35-63-65-41-51-44-74-66(42-52(51)43-73(65)83-75(63)47-59)64-36-32-60(48-76(64)84-74)80(54-21-7-2-8-22-54)58-34-40-70-68(46-58)78-62-28-16-14-18-50(62)30-38-72(78)82(70)56-25-11-4-12-26-56/h1-48H. The van der Waals surface area contributed by atoms with Crippen molar-refractivity contribution in [2.75, 3.05) is 9.80 Å². The first-order valence-corrected chi connectivity index (χ1v) is 28.6. The highest BCUT2D eigenvalue weighted by molar-refractivity contribution is 6.24. The Morgan fingerprint density at radius 3 is 1.01 bits per heavy atom. The molecule has 84 heavy (non-hydrogen) atoms. The summed E-state index contributed by atoms with van der Waals surface area (Å²) in [7, 11) is 0. The first-order chi connectivity index (χ1) is 41.6. The maximum Gasteiger partial charge on any atom is 0.137 e. The predicted molar refractivity (Wildman–Crippen MR) is 352 cm³/mol. The molecule has 0 amide bonds. The molecular formula is C78H48N4O2. The van der Waals surface area contributed by atoms with Gasteiger partial charge in [-0.25, -0.2) is 0 Å². The molecule has 0 aliphatic rings. The maximum atomic E-state index is 6.89. The van der Waals surface area contributed by atoms with Crippen LogP contribution in [-0.2, 0) is 0 Å². The first-order valence-electron chi connectivity index (χ1n) is 28.6. The van der Waals surface area contributed by atoms with E-state index in [9.17, 15) is 0 Å². The second-order valence-electron chi connectivity index (χ2n) is 22.1. The molecule has 18 aromatic rings. The molecule has 0 fully saturated rings. The van der Waals surface area contributed by atoms with Crippen molar-refractivity contribution in [2.45, 2.75) is 0 Å². The lowest BCUT2D eigenvalue weighted by atomic mass is 10.0. The van der Waals surface area contributed by atoms with Crippen LogP contribution in [0.5, 0.6) is 0 Å². The minimum absolute atomic E-state index is 0.825. The summed E-state index contributed by atoms with van der Waals surface area (Å²) in [5, 5.41) is 16.2. The number of anilines is 6. The zero-order valence-electron chi connectivity index (χ0n) is 45.3. The van der Waals surface area contributed by atoms with Gasteiger partial charge in [-0.05, 0) is 178 Å². The van der Waals surface area contributed by atoms with Gasteiger partial charge in [-0.3, -0.25) is 0 Å². The van der Waals surface area contributed by atoms with Gasteiger partial charge in [-0.1, -0.05) is 133 Å². The second kappa shape index (κ2) is 18.1. The average Bonchev–Trinajstić information content (AvgIpc) is 2.07. The van der Waals surface area contributed by atoms with Crippen molar-refractivity contribution < 1.29 is 8.83 Å². The van der Waals surface area contributed by atoms with Crippen molar-refractivity contribution in [3.8, 4) is 11.4 Å². The molecule has 392 valence electrons. The molecule has 0 radical (unpaired) electrons. The van der Waals surface area contributed by atoms with Crippen molar-refractivity contribution in [3.63, 3.8) is 0 Å². The normalized spacial score (nSPS) is 12.0. The van der Waals surface area contributed by atoms with Crippen LogP contribution in [0.25, 0.3) is 131 Å². The molecule has 18 rings (SSSR count). The molecule has 0 bridgehead atoms. The summed E-state index contributed by atoms with van der Waals surface area (Å²) in [4.78, 5) is 4.68. The lowest BCUT2D eigenvalue weighted by Gasteiger charge is -2.25. The van der Waals surface area contributed by atoms with E-state index >= 15 is 0 Å². The summed E-state index contributed by atoms with van der Waals surface area (Å²) in [6.07, 6.45) is 0. The van der Waals surface area contributed by atoms with Crippen LogP contribution in [0.2, 0.25) is 0 Å². The average molecular weight is 1070 g/mol. The van der Waals surface area contributed by atoms with Gasteiger partial charge in [-0.2, -0.15) is 0 Å². The number of hydrogen-bond donors (Lipinski definition) is 0. The van der Waals surface area contributed by atoms with Crippen LogP contribution in [0.4, 0.5) is 34.1 Å². The third kappa shape index (κ3) is 7.04. The van der Waals surface area contributed by atoms with Crippen LogP contribution in [0.15, 0.2) is 300 Å². The first kappa shape index (κ1) is 46.4. The maximum absolute atomic E-state index is 6.89. The quantitative estimate of drug-likeness (QED) is 0.152. The van der Waals surface area contributed by atoms with Crippen LogP contribution in [0.1, 0.15) is 0 Å². The van der Waals surface area contributed by atoms with Gasteiger partial charge in [0.2, 0.25) is 0 Å². The van der Waals surface area contributed by atoms with E-state index in [0.29, 0.717) is 0 Å². The summed E-state index contributed by atoms with van der Waals surface area (Å²) in [5.74, 6) is 0. The summed E-state index contributed by atoms with van der Waals surface area (Å²) in [6, 6.07) is 105. The Balaban J connectivity index is 0.742. The third-order valence-electron chi connectivity index (χ3n) is 17.4. The molecule has 0 aliphatic carbocycles. The van der Waals surface area contributed by atoms with Crippen LogP contribution in [0, 0.1) is 0 Å². The van der Waals surface area contributed by atoms with Gasteiger partial charge < -0.3 is 27.8 Å². The van der Waals surface area contributed by atoms with Crippen molar-refractivity contribution in [2.24, 2.45) is 0 Å². The van der Waals surface area contributed by atoms with Gasteiger partial charge in [0.25, 0.3) is 0 Å². The van der Waals surface area contributed by atoms with E-state index in [2.05, 4.69) is 310 Å². The molecule has 0 saturated heterocycles. The predicted octanol–water partition coefficient (Wildman–Crippen LogP) is 22.1. The Morgan fingerprint density at radius 1 is 0.214 bits per heavy atom. The summed E-state index contributed by atoms with van der Waals surface area (Å²) in [6.45, 7) is 0. The summed E-state index contributed by atoms with van der Waals surface area (Å²) >= 11 is 0. The monoisotopic (exact) mass is 1070 g/mol. The number of benzene rings is 14.